The number of anilines is 1. The Morgan fingerprint density at radius 2 is 2.28 bits per heavy atom. The molecule has 1 aromatic carbocycles. The highest BCUT2D eigenvalue weighted by atomic mass is 127. The Balaban J connectivity index is 2.06. The molecule has 0 spiro atoms. The van der Waals surface area contributed by atoms with E-state index in [9.17, 15) is 10.1 Å². The SMILES string of the molecule is Cn1ccc(CNc2ccc([N+](=O)[O-])c(I)c2)n1. The van der Waals surface area contributed by atoms with E-state index in [0.29, 0.717) is 10.1 Å². The zero-order chi connectivity index (χ0) is 13.1. The summed E-state index contributed by atoms with van der Waals surface area (Å²) < 4.78 is 2.35. The average Bonchev–Trinajstić information content (AvgIpc) is 2.72. The number of nitrogens with one attached hydrogen (secondary N) is 1. The first kappa shape index (κ1) is 12.8. The Labute approximate surface area is 117 Å². The number of rotatable bonds is 4. The fourth-order valence-electron chi connectivity index (χ4n) is 1.52. The molecule has 0 amide bonds. The lowest BCUT2D eigenvalue weighted by Crippen LogP contribution is -2.02. The monoisotopic (exact) mass is 358 g/mol. The third kappa shape index (κ3) is 2.97. The summed E-state index contributed by atoms with van der Waals surface area (Å²) in [6.07, 6.45) is 1.87. The first-order chi connectivity index (χ1) is 8.56. The number of benzene rings is 1. The number of nitrogens with zero attached hydrogens (tertiary/aromatic N) is 3. The van der Waals surface area contributed by atoms with Gasteiger partial charge in [0.15, 0.2) is 0 Å². The van der Waals surface area contributed by atoms with Gasteiger partial charge in [-0.3, -0.25) is 14.8 Å². The van der Waals surface area contributed by atoms with Crippen LogP contribution in [-0.2, 0) is 13.6 Å². The second-order valence-corrected chi connectivity index (χ2v) is 4.92. The predicted octanol–water partition coefficient (Wildman–Crippen LogP) is 2.54. The van der Waals surface area contributed by atoms with Crippen molar-refractivity contribution in [3.63, 3.8) is 0 Å². The first-order valence-corrected chi connectivity index (χ1v) is 6.30. The third-order valence-electron chi connectivity index (χ3n) is 2.39. The standard InChI is InChI=1S/C11H11IN4O2/c1-15-5-4-9(14-15)7-13-8-2-3-11(16(17)18)10(12)6-8/h2-6,13H,7H2,1H3. The molecule has 0 aliphatic rings. The van der Waals surface area contributed by atoms with Gasteiger partial charge >= 0.3 is 0 Å². The van der Waals surface area contributed by atoms with E-state index >= 15 is 0 Å². The van der Waals surface area contributed by atoms with E-state index in [1.54, 1.807) is 16.8 Å². The van der Waals surface area contributed by atoms with Crippen molar-refractivity contribution in [1.29, 1.82) is 0 Å². The quantitative estimate of drug-likeness (QED) is 0.518. The number of hydrogen-bond acceptors (Lipinski definition) is 4. The molecule has 0 saturated heterocycles. The molecule has 1 N–H and O–H groups in total. The van der Waals surface area contributed by atoms with Crippen molar-refractivity contribution in [1.82, 2.24) is 9.78 Å². The van der Waals surface area contributed by atoms with Crippen LogP contribution in [0.4, 0.5) is 11.4 Å². The van der Waals surface area contributed by atoms with Crippen molar-refractivity contribution in [3.05, 3.63) is 49.8 Å². The van der Waals surface area contributed by atoms with E-state index in [2.05, 4.69) is 10.4 Å². The van der Waals surface area contributed by atoms with Crippen LogP contribution in [0.25, 0.3) is 0 Å². The van der Waals surface area contributed by atoms with Crippen LogP contribution in [0.15, 0.2) is 30.5 Å². The molecule has 2 rings (SSSR count). The number of aryl methyl sites for hydroxylation is 1. The molecule has 18 heavy (non-hydrogen) atoms. The summed E-state index contributed by atoms with van der Waals surface area (Å²) in [6, 6.07) is 6.87. The van der Waals surface area contributed by atoms with Crippen molar-refractivity contribution in [2.75, 3.05) is 5.32 Å². The van der Waals surface area contributed by atoms with E-state index in [1.807, 2.05) is 41.9 Å². The fraction of sp³-hybridized carbons (Fsp3) is 0.182. The van der Waals surface area contributed by atoms with E-state index < -0.39 is 0 Å². The van der Waals surface area contributed by atoms with Gasteiger partial charge in [0, 0.05) is 25.0 Å². The molecule has 0 saturated carbocycles. The Kier molecular flexibility index (Phi) is 3.80. The minimum absolute atomic E-state index is 0.124. The third-order valence-corrected chi connectivity index (χ3v) is 3.25. The van der Waals surface area contributed by atoms with E-state index in [0.717, 1.165) is 11.4 Å². The molecule has 1 aromatic heterocycles. The lowest BCUT2D eigenvalue weighted by molar-refractivity contribution is -0.385. The highest BCUT2D eigenvalue weighted by Gasteiger charge is 2.11. The lowest BCUT2D eigenvalue weighted by Gasteiger charge is -2.05. The highest BCUT2D eigenvalue weighted by Crippen LogP contribution is 2.24. The van der Waals surface area contributed by atoms with Crippen molar-refractivity contribution < 1.29 is 4.92 Å². The minimum Gasteiger partial charge on any atom is -0.379 e. The fourth-order valence-corrected chi connectivity index (χ4v) is 2.23. The molecular weight excluding hydrogens is 347 g/mol. The van der Waals surface area contributed by atoms with Crippen LogP contribution in [0.1, 0.15) is 5.69 Å². The largest absolute Gasteiger partial charge is 0.379 e. The maximum Gasteiger partial charge on any atom is 0.282 e. The number of nitro benzene ring substituents is 1. The van der Waals surface area contributed by atoms with Gasteiger partial charge in [-0.05, 0) is 40.8 Å². The second-order valence-electron chi connectivity index (χ2n) is 3.76. The molecule has 6 nitrogen and oxygen atoms in total. The van der Waals surface area contributed by atoms with Crippen molar-refractivity contribution in [3.8, 4) is 0 Å². The van der Waals surface area contributed by atoms with Gasteiger partial charge in [0.1, 0.15) is 0 Å². The number of aromatic nitrogens is 2. The van der Waals surface area contributed by atoms with Gasteiger partial charge in [0.05, 0.1) is 20.7 Å². The van der Waals surface area contributed by atoms with Crippen molar-refractivity contribution in [2.45, 2.75) is 6.54 Å². The van der Waals surface area contributed by atoms with Crippen molar-refractivity contribution >= 4 is 34.0 Å². The summed E-state index contributed by atoms with van der Waals surface area (Å²) in [6.45, 7) is 0.592. The molecule has 1 heterocycles. The maximum absolute atomic E-state index is 10.7. The van der Waals surface area contributed by atoms with Crippen LogP contribution in [0.3, 0.4) is 0 Å². The highest BCUT2D eigenvalue weighted by molar-refractivity contribution is 14.1. The summed E-state index contributed by atoms with van der Waals surface area (Å²) in [4.78, 5) is 10.3. The van der Waals surface area contributed by atoms with E-state index in [1.165, 1.54) is 6.07 Å². The Hall–Kier alpha value is -1.64. The Bertz CT molecular complexity index is 582. The summed E-state index contributed by atoms with van der Waals surface area (Å²) in [5.74, 6) is 0. The maximum atomic E-state index is 10.7. The smallest absolute Gasteiger partial charge is 0.282 e. The molecule has 94 valence electrons. The number of halogens is 1. The minimum atomic E-state index is -0.385. The number of nitro groups is 1. The van der Waals surface area contributed by atoms with Crippen LogP contribution in [0, 0.1) is 13.7 Å². The Morgan fingerprint density at radius 3 is 2.83 bits per heavy atom. The van der Waals surface area contributed by atoms with Gasteiger partial charge in [0.25, 0.3) is 5.69 Å². The first-order valence-electron chi connectivity index (χ1n) is 5.22. The summed E-state index contributed by atoms with van der Waals surface area (Å²) in [5.41, 5.74) is 1.89. The van der Waals surface area contributed by atoms with E-state index in [4.69, 9.17) is 0 Å². The average molecular weight is 358 g/mol. The van der Waals surface area contributed by atoms with Gasteiger partial charge < -0.3 is 5.32 Å². The molecule has 0 atom stereocenters. The molecule has 0 aliphatic heterocycles. The number of hydrogen-bond donors (Lipinski definition) is 1. The zero-order valence-electron chi connectivity index (χ0n) is 9.63. The molecule has 0 unspecified atom stereocenters. The zero-order valence-corrected chi connectivity index (χ0v) is 11.8. The van der Waals surface area contributed by atoms with Gasteiger partial charge in [-0.1, -0.05) is 0 Å². The lowest BCUT2D eigenvalue weighted by atomic mass is 10.3. The van der Waals surface area contributed by atoms with Gasteiger partial charge in [-0.15, -0.1) is 0 Å². The summed E-state index contributed by atoms with van der Waals surface area (Å²) in [5, 5.41) is 18.1. The van der Waals surface area contributed by atoms with Crippen LogP contribution in [0.2, 0.25) is 0 Å². The van der Waals surface area contributed by atoms with Crippen LogP contribution < -0.4 is 5.32 Å². The summed E-state index contributed by atoms with van der Waals surface area (Å²) in [7, 11) is 1.86. The topological polar surface area (TPSA) is 73.0 Å². The molecular formula is C11H11IN4O2. The van der Waals surface area contributed by atoms with E-state index in [-0.39, 0.29) is 10.6 Å². The molecule has 7 heteroatoms. The van der Waals surface area contributed by atoms with Gasteiger partial charge in [0.2, 0.25) is 0 Å². The van der Waals surface area contributed by atoms with Gasteiger partial charge in [-0.25, -0.2) is 0 Å². The summed E-state index contributed by atoms with van der Waals surface area (Å²) >= 11 is 1.96. The van der Waals surface area contributed by atoms with Crippen molar-refractivity contribution in [2.24, 2.45) is 7.05 Å². The molecule has 0 fully saturated rings. The van der Waals surface area contributed by atoms with Crippen LogP contribution in [-0.4, -0.2) is 14.7 Å². The predicted molar refractivity (Wildman–Crippen MR) is 76.3 cm³/mol. The Morgan fingerprint density at radius 1 is 1.50 bits per heavy atom. The molecule has 2 aromatic rings. The normalized spacial score (nSPS) is 10.3. The van der Waals surface area contributed by atoms with Crippen LogP contribution in [0.5, 0.6) is 0 Å². The molecule has 0 radical (unpaired) electrons. The van der Waals surface area contributed by atoms with Gasteiger partial charge in [-0.2, -0.15) is 5.10 Å². The second kappa shape index (κ2) is 5.34. The molecule has 0 aliphatic carbocycles. The molecule has 0 bridgehead atoms. The van der Waals surface area contributed by atoms with Crippen LogP contribution >= 0.6 is 22.6 Å².